The first kappa shape index (κ1) is 13.3. The van der Waals surface area contributed by atoms with Crippen molar-refractivity contribution in [2.75, 3.05) is 0 Å². The molecule has 2 unspecified atom stereocenters. The SMILES string of the molecule is CC(=O)C1C(C2C=CC=C2)CC(=O)CC1C1C=CC=C1. The van der Waals surface area contributed by atoms with E-state index in [0.717, 1.165) is 0 Å². The standard InChI is InChI=1S/C18H20O2/c1-12(19)18-16(13-6-2-3-7-13)10-15(20)11-17(18)14-8-4-5-9-14/h2-9,13-14,16-18H,10-11H2,1H3. The molecule has 0 heterocycles. The van der Waals surface area contributed by atoms with Gasteiger partial charge in [-0.05, 0) is 30.6 Å². The maximum Gasteiger partial charge on any atom is 0.133 e. The van der Waals surface area contributed by atoms with Crippen LogP contribution in [0.5, 0.6) is 0 Å². The van der Waals surface area contributed by atoms with Crippen LogP contribution in [0.3, 0.4) is 0 Å². The van der Waals surface area contributed by atoms with E-state index < -0.39 is 0 Å². The van der Waals surface area contributed by atoms with Crippen LogP contribution in [0, 0.1) is 29.6 Å². The molecule has 0 radical (unpaired) electrons. The highest BCUT2D eigenvalue weighted by molar-refractivity contribution is 5.86. The number of allylic oxidation sites excluding steroid dienone is 8. The predicted octanol–water partition coefficient (Wildman–Crippen LogP) is 3.27. The fourth-order valence-electron chi connectivity index (χ4n) is 4.00. The summed E-state index contributed by atoms with van der Waals surface area (Å²) in [7, 11) is 0. The highest BCUT2D eigenvalue weighted by Gasteiger charge is 2.44. The first-order valence-corrected chi connectivity index (χ1v) is 7.39. The topological polar surface area (TPSA) is 34.1 Å². The van der Waals surface area contributed by atoms with Crippen molar-refractivity contribution in [1.82, 2.24) is 0 Å². The zero-order chi connectivity index (χ0) is 14.1. The lowest BCUT2D eigenvalue weighted by atomic mass is 9.62. The van der Waals surface area contributed by atoms with Gasteiger partial charge >= 0.3 is 0 Å². The summed E-state index contributed by atoms with van der Waals surface area (Å²) >= 11 is 0. The van der Waals surface area contributed by atoms with Gasteiger partial charge in [-0.3, -0.25) is 9.59 Å². The summed E-state index contributed by atoms with van der Waals surface area (Å²) in [4.78, 5) is 24.4. The van der Waals surface area contributed by atoms with Crippen molar-refractivity contribution in [2.45, 2.75) is 19.8 Å². The molecule has 1 saturated carbocycles. The molecule has 0 aromatic rings. The van der Waals surface area contributed by atoms with E-state index >= 15 is 0 Å². The fourth-order valence-corrected chi connectivity index (χ4v) is 4.00. The van der Waals surface area contributed by atoms with Crippen LogP contribution in [0.2, 0.25) is 0 Å². The summed E-state index contributed by atoms with van der Waals surface area (Å²) in [6.07, 6.45) is 17.6. The number of ketones is 2. The maximum absolute atomic E-state index is 12.2. The van der Waals surface area contributed by atoms with Crippen molar-refractivity contribution in [2.24, 2.45) is 29.6 Å². The van der Waals surface area contributed by atoms with Crippen LogP contribution in [0.25, 0.3) is 0 Å². The monoisotopic (exact) mass is 268 g/mol. The number of hydrogen-bond acceptors (Lipinski definition) is 2. The number of hydrogen-bond donors (Lipinski definition) is 0. The van der Waals surface area contributed by atoms with E-state index in [4.69, 9.17) is 0 Å². The van der Waals surface area contributed by atoms with Gasteiger partial charge in [0.2, 0.25) is 0 Å². The van der Waals surface area contributed by atoms with E-state index in [-0.39, 0.29) is 35.4 Å². The average molecular weight is 268 g/mol. The second kappa shape index (κ2) is 5.35. The van der Waals surface area contributed by atoms with Crippen LogP contribution < -0.4 is 0 Å². The smallest absolute Gasteiger partial charge is 0.133 e. The summed E-state index contributed by atoms with van der Waals surface area (Å²) in [6, 6.07) is 0. The van der Waals surface area contributed by atoms with Gasteiger partial charge < -0.3 is 0 Å². The molecule has 104 valence electrons. The molecule has 0 aliphatic heterocycles. The van der Waals surface area contributed by atoms with Gasteiger partial charge in [0.25, 0.3) is 0 Å². The third-order valence-electron chi connectivity index (χ3n) is 4.86. The normalized spacial score (nSPS) is 33.5. The summed E-state index contributed by atoms with van der Waals surface area (Å²) in [5.74, 6) is 1.28. The Balaban J connectivity index is 1.91. The zero-order valence-electron chi connectivity index (χ0n) is 11.7. The highest BCUT2D eigenvalue weighted by atomic mass is 16.1. The minimum atomic E-state index is -0.0116. The zero-order valence-corrected chi connectivity index (χ0v) is 11.7. The molecule has 1 fully saturated rings. The van der Waals surface area contributed by atoms with Gasteiger partial charge in [0.15, 0.2) is 0 Å². The van der Waals surface area contributed by atoms with Crippen LogP contribution in [0.4, 0.5) is 0 Å². The van der Waals surface area contributed by atoms with Crippen molar-refractivity contribution in [3.63, 3.8) is 0 Å². The molecule has 0 N–H and O–H groups in total. The van der Waals surface area contributed by atoms with E-state index in [1.807, 2.05) is 24.3 Å². The van der Waals surface area contributed by atoms with E-state index in [1.165, 1.54) is 0 Å². The van der Waals surface area contributed by atoms with Crippen LogP contribution in [0.1, 0.15) is 19.8 Å². The van der Waals surface area contributed by atoms with Crippen LogP contribution >= 0.6 is 0 Å². The number of Topliss-reactive ketones (excluding diaryl/α,β-unsaturated/α-hetero) is 2. The van der Waals surface area contributed by atoms with Gasteiger partial charge in [0.1, 0.15) is 11.6 Å². The molecule has 2 nitrogen and oxygen atoms in total. The molecule has 0 saturated heterocycles. The molecule has 3 rings (SSSR count). The minimum Gasteiger partial charge on any atom is -0.300 e. The Labute approximate surface area is 119 Å². The summed E-state index contributed by atoms with van der Waals surface area (Å²) in [5, 5.41) is 0. The van der Waals surface area contributed by atoms with Crippen molar-refractivity contribution >= 4 is 11.6 Å². The van der Waals surface area contributed by atoms with E-state index in [1.54, 1.807) is 6.92 Å². The number of carbonyl (C=O) groups excluding carboxylic acids is 2. The first-order chi connectivity index (χ1) is 9.66. The molecule has 3 aliphatic rings. The number of rotatable bonds is 3. The molecule has 2 heteroatoms. The summed E-state index contributed by atoms with van der Waals surface area (Å²) < 4.78 is 0. The summed E-state index contributed by atoms with van der Waals surface area (Å²) in [6.45, 7) is 1.69. The Kier molecular flexibility index (Phi) is 3.56. The first-order valence-electron chi connectivity index (χ1n) is 7.39. The van der Waals surface area contributed by atoms with Crippen molar-refractivity contribution < 1.29 is 9.59 Å². The van der Waals surface area contributed by atoms with Gasteiger partial charge in [0, 0.05) is 18.8 Å². The second-order valence-electron chi connectivity index (χ2n) is 6.11. The summed E-state index contributed by atoms with van der Waals surface area (Å²) in [5.41, 5.74) is 0. The maximum atomic E-state index is 12.2. The lowest BCUT2D eigenvalue weighted by molar-refractivity contribution is -0.133. The Hall–Kier alpha value is -1.70. The predicted molar refractivity (Wildman–Crippen MR) is 78.9 cm³/mol. The van der Waals surface area contributed by atoms with Gasteiger partial charge in [-0.2, -0.15) is 0 Å². The van der Waals surface area contributed by atoms with Crippen molar-refractivity contribution in [1.29, 1.82) is 0 Å². The quantitative estimate of drug-likeness (QED) is 0.787. The van der Waals surface area contributed by atoms with Gasteiger partial charge in [-0.15, -0.1) is 0 Å². The molecule has 0 amide bonds. The lowest BCUT2D eigenvalue weighted by Gasteiger charge is -2.40. The van der Waals surface area contributed by atoms with Crippen molar-refractivity contribution in [3.05, 3.63) is 48.6 Å². The van der Waals surface area contributed by atoms with Crippen molar-refractivity contribution in [3.8, 4) is 0 Å². The third-order valence-corrected chi connectivity index (χ3v) is 4.86. The Morgan fingerprint density at radius 3 is 1.65 bits per heavy atom. The lowest BCUT2D eigenvalue weighted by Crippen LogP contribution is -2.42. The van der Waals surface area contributed by atoms with Gasteiger partial charge in [-0.1, -0.05) is 48.6 Å². The van der Waals surface area contributed by atoms with Gasteiger partial charge in [0.05, 0.1) is 0 Å². The molecule has 3 aliphatic carbocycles. The molecular weight excluding hydrogens is 248 g/mol. The van der Waals surface area contributed by atoms with E-state index in [2.05, 4.69) is 24.3 Å². The van der Waals surface area contributed by atoms with Crippen LogP contribution in [0.15, 0.2) is 48.6 Å². The Morgan fingerprint density at radius 2 is 1.30 bits per heavy atom. The van der Waals surface area contributed by atoms with E-state index in [0.29, 0.717) is 18.6 Å². The third kappa shape index (κ3) is 2.35. The Bertz CT molecular complexity index is 472. The molecule has 20 heavy (non-hydrogen) atoms. The molecular formula is C18H20O2. The molecule has 0 bridgehead atoms. The molecule has 0 spiro atoms. The Morgan fingerprint density at radius 1 is 0.900 bits per heavy atom. The molecule has 0 aromatic carbocycles. The second-order valence-corrected chi connectivity index (χ2v) is 6.11. The number of carbonyl (C=O) groups is 2. The van der Waals surface area contributed by atoms with Crippen LogP contribution in [-0.4, -0.2) is 11.6 Å². The molecule has 2 atom stereocenters. The highest BCUT2D eigenvalue weighted by Crippen LogP contribution is 2.44. The fraction of sp³-hybridized carbons (Fsp3) is 0.444. The molecule has 0 aromatic heterocycles. The average Bonchev–Trinajstić information content (AvgIpc) is 3.11. The van der Waals surface area contributed by atoms with Crippen LogP contribution in [-0.2, 0) is 9.59 Å². The minimum absolute atomic E-state index is 0.0116. The van der Waals surface area contributed by atoms with Gasteiger partial charge in [-0.25, -0.2) is 0 Å². The largest absolute Gasteiger partial charge is 0.300 e. The van der Waals surface area contributed by atoms with E-state index in [9.17, 15) is 9.59 Å².